The minimum atomic E-state index is -0.318. The average Bonchev–Trinajstić information content (AvgIpc) is 2.91. The van der Waals surface area contributed by atoms with Crippen LogP contribution in [-0.4, -0.2) is 26.3 Å². The minimum Gasteiger partial charge on any atom is -0.462 e. The number of benzene rings is 1. The molecule has 0 bridgehead atoms. The van der Waals surface area contributed by atoms with Crippen LogP contribution >= 0.6 is 15.9 Å². The quantitative estimate of drug-likeness (QED) is 0.927. The first-order valence-corrected chi connectivity index (χ1v) is 7.21. The van der Waals surface area contributed by atoms with E-state index in [0.29, 0.717) is 18.5 Å². The first-order valence-electron chi connectivity index (χ1n) is 6.41. The van der Waals surface area contributed by atoms with E-state index >= 15 is 0 Å². The van der Waals surface area contributed by atoms with E-state index < -0.39 is 0 Å². The second-order valence-electron chi connectivity index (χ2n) is 5.15. The van der Waals surface area contributed by atoms with Crippen LogP contribution in [-0.2, 0) is 21.4 Å². The molecule has 4 nitrogen and oxygen atoms in total. The third-order valence-corrected chi connectivity index (χ3v) is 4.59. The van der Waals surface area contributed by atoms with Crippen molar-refractivity contribution in [2.24, 2.45) is 16.6 Å². The van der Waals surface area contributed by atoms with Gasteiger partial charge in [0.2, 0.25) is 0 Å². The van der Waals surface area contributed by atoms with Gasteiger partial charge in [-0.15, -0.1) is 0 Å². The molecule has 0 saturated carbocycles. The third-order valence-electron chi connectivity index (χ3n) is 4.10. The van der Waals surface area contributed by atoms with Crippen LogP contribution in [0.5, 0.6) is 0 Å². The molecule has 2 N–H and O–H groups in total. The highest BCUT2D eigenvalue weighted by molar-refractivity contribution is 9.10. The number of amidine groups is 1. The highest BCUT2D eigenvalue weighted by Gasteiger charge is 2.50. The molecule has 2 unspecified atom stereocenters. The topological polar surface area (TPSA) is 56.8 Å². The van der Waals surface area contributed by atoms with E-state index in [2.05, 4.69) is 39.1 Å². The number of hydrogen-bond acceptors (Lipinski definition) is 4. The van der Waals surface area contributed by atoms with Crippen molar-refractivity contribution in [1.29, 1.82) is 0 Å². The van der Waals surface area contributed by atoms with Gasteiger partial charge >= 0.3 is 0 Å². The van der Waals surface area contributed by atoms with Gasteiger partial charge in [0, 0.05) is 18.2 Å². The van der Waals surface area contributed by atoms with Crippen molar-refractivity contribution < 1.29 is 9.47 Å². The lowest BCUT2D eigenvalue weighted by Crippen LogP contribution is -2.32. The van der Waals surface area contributed by atoms with E-state index in [1.807, 2.05) is 0 Å². The second-order valence-corrected chi connectivity index (χ2v) is 6.06. The second kappa shape index (κ2) is 4.80. The number of ether oxygens (including phenoxy) is 2. The summed E-state index contributed by atoms with van der Waals surface area (Å²) < 4.78 is 11.8. The number of hydrogen-bond donors (Lipinski definition) is 1. The molecule has 0 radical (unpaired) electrons. The Bertz CT molecular complexity index is 532. The van der Waals surface area contributed by atoms with Crippen molar-refractivity contribution in [3.63, 3.8) is 0 Å². The third kappa shape index (κ3) is 2.05. The van der Waals surface area contributed by atoms with Crippen molar-refractivity contribution in [3.8, 4) is 0 Å². The van der Waals surface area contributed by atoms with E-state index in [-0.39, 0.29) is 5.54 Å². The average molecular weight is 325 g/mol. The zero-order valence-electron chi connectivity index (χ0n) is 10.9. The zero-order chi connectivity index (χ0) is 13.5. The van der Waals surface area contributed by atoms with Crippen molar-refractivity contribution in [3.05, 3.63) is 33.8 Å². The number of halogens is 1. The highest BCUT2D eigenvalue weighted by atomic mass is 79.9. The Morgan fingerprint density at radius 2 is 2.42 bits per heavy atom. The van der Waals surface area contributed by atoms with Gasteiger partial charge in [0.1, 0.15) is 12.1 Å². The van der Waals surface area contributed by atoms with Crippen LogP contribution in [0, 0.1) is 5.92 Å². The van der Waals surface area contributed by atoms with Gasteiger partial charge in [-0.3, -0.25) is 0 Å². The van der Waals surface area contributed by atoms with Crippen LogP contribution in [0.3, 0.4) is 0 Å². The maximum absolute atomic E-state index is 5.76. The molecule has 3 rings (SSSR count). The lowest BCUT2D eigenvalue weighted by atomic mass is 9.83. The van der Waals surface area contributed by atoms with E-state index in [4.69, 9.17) is 15.2 Å². The molecule has 1 aromatic rings. The molecule has 1 heterocycles. The summed E-state index contributed by atoms with van der Waals surface area (Å²) in [5, 5.41) is 0. The first-order chi connectivity index (χ1) is 9.15. The molecule has 102 valence electrons. The number of fused-ring (bicyclic) bond motifs is 2. The van der Waals surface area contributed by atoms with Gasteiger partial charge in [0.15, 0.2) is 0 Å². The van der Waals surface area contributed by atoms with Crippen molar-refractivity contribution in [2.75, 3.05) is 20.3 Å². The summed E-state index contributed by atoms with van der Waals surface area (Å²) in [5.41, 5.74) is 8.02. The highest BCUT2D eigenvalue weighted by Crippen LogP contribution is 2.48. The molecule has 1 spiro atoms. The molecule has 5 heteroatoms. The Morgan fingerprint density at radius 3 is 3.11 bits per heavy atom. The van der Waals surface area contributed by atoms with Crippen molar-refractivity contribution in [2.45, 2.75) is 18.4 Å². The summed E-state index contributed by atoms with van der Waals surface area (Å²) >= 11 is 3.54. The van der Waals surface area contributed by atoms with E-state index in [9.17, 15) is 0 Å². The Labute approximate surface area is 121 Å². The Morgan fingerprint density at radius 1 is 1.58 bits per heavy atom. The monoisotopic (exact) mass is 324 g/mol. The lowest BCUT2D eigenvalue weighted by Gasteiger charge is -2.27. The van der Waals surface area contributed by atoms with Gasteiger partial charge in [-0.05, 0) is 42.0 Å². The Balaban J connectivity index is 2.03. The number of methoxy groups -OCH3 is 1. The van der Waals surface area contributed by atoms with Crippen LogP contribution in [0.2, 0.25) is 0 Å². The lowest BCUT2D eigenvalue weighted by molar-refractivity contribution is 0.139. The van der Waals surface area contributed by atoms with Crippen LogP contribution in [0.4, 0.5) is 0 Å². The summed E-state index contributed by atoms with van der Waals surface area (Å²) in [5.74, 6) is 0.387. The fourth-order valence-electron chi connectivity index (χ4n) is 3.18. The fraction of sp³-hybridized carbons (Fsp3) is 0.500. The first kappa shape index (κ1) is 12.9. The van der Waals surface area contributed by atoms with Gasteiger partial charge in [-0.2, -0.15) is 0 Å². The van der Waals surface area contributed by atoms with Gasteiger partial charge in [-0.1, -0.05) is 22.0 Å². The van der Waals surface area contributed by atoms with E-state index in [1.165, 1.54) is 11.1 Å². The summed E-state index contributed by atoms with van der Waals surface area (Å²) in [6.07, 6.45) is 1.97. The number of rotatable bonds is 3. The van der Waals surface area contributed by atoms with Crippen LogP contribution in [0.15, 0.2) is 27.7 Å². The van der Waals surface area contributed by atoms with Crippen molar-refractivity contribution >= 4 is 22.0 Å². The molecule has 1 aliphatic carbocycles. The normalized spacial score (nSPS) is 28.3. The van der Waals surface area contributed by atoms with E-state index in [1.54, 1.807) is 7.11 Å². The molecule has 2 atom stereocenters. The maximum Gasteiger partial charge on any atom is 0.283 e. The molecule has 1 aliphatic heterocycles. The molecule has 1 aromatic carbocycles. The molecular formula is C14H17BrN2O2. The summed E-state index contributed by atoms with van der Waals surface area (Å²) in [6, 6.07) is 6.69. The Kier molecular flexibility index (Phi) is 3.27. The molecule has 0 aromatic heterocycles. The van der Waals surface area contributed by atoms with Gasteiger partial charge < -0.3 is 15.2 Å². The molecule has 0 amide bonds. The molecule has 19 heavy (non-hydrogen) atoms. The molecule has 0 saturated heterocycles. The summed E-state index contributed by atoms with van der Waals surface area (Å²) in [7, 11) is 1.73. The largest absolute Gasteiger partial charge is 0.462 e. The van der Waals surface area contributed by atoms with Gasteiger partial charge in [0.05, 0.1) is 0 Å². The zero-order valence-corrected chi connectivity index (χ0v) is 12.4. The summed E-state index contributed by atoms with van der Waals surface area (Å²) in [4.78, 5) is 4.63. The molecule has 0 fully saturated rings. The van der Waals surface area contributed by atoms with Crippen LogP contribution in [0.25, 0.3) is 0 Å². The summed E-state index contributed by atoms with van der Waals surface area (Å²) in [6.45, 7) is 1.27. The number of nitrogens with two attached hydrogens (primary N) is 1. The fourth-order valence-corrected chi connectivity index (χ4v) is 3.54. The van der Waals surface area contributed by atoms with Gasteiger partial charge in [-0.25, -0.2) is 4.99 Å². The predicted octanol–water partition coefficient (Wildman–Crippen LogP) is 2.20. The van der Waals surface area contributed by atoms with Crippen molar-refractivity contribution in [1.82, 2.24) is 0 Å². The Hall–Kier alpha value is -1.07. The van der Waals surface area contributed by atoms with Crippen LogP contribution in [0.1, 0.15) is 17.5 Å². The smallest absolute Gasteiger partial charge is 0.283 e. The molecule has 2 aliphatic rings. The van der Waals surface area contributed by atoms with Crippen LogP contribution < -0.4 is 5.73 Å². The number of aliphatic imine (C=N–C) groups is 1. The SMILES string of the molecule is COCCC1Cc2ccc(Br)cc2C12COC(N)=N2. The minimum absolute atomic E-state index is 0.301. The van der Waals surface area contributed by atoms with Gasteiger partial charge in [0.25, 0.3) is 6.02 Å². The molecular weight excluding hydrogens is 308 g/mol. The number of nitrogens with zero attached hydrogens (tertiary/aromatic N) is 1. The predicted molar refractivity (Wildman–Crippen MR) is 77.1 cm³/mol. The van der Waals surface area contributed by atoms with E-state index in [0.717, 1.165) is 23.9 Å². The maximum atomic E-state index is 5.76. The standard InChI is InChI=1S/C14H17BrN2O2/c1-18-5-4-10-6-9-2-3-11(15)7-12(9)14(10)8-19-13(16)17-14/h2-3,7,10H,4-6,8H2,1H3,(H2,16,17).